The molecule has 1 saturated heterocycles. The molecule has 2 aromatic carbocycles. The summed E-state index contributed by atoms with van der Waals surface area (Å²) >= 11 is 8.26. The van der Waals surface area contributed by atoms with Crippen molar-refractivity contribution in [2.45, 2.75) is 47.2 Å². The second-order valence-electron chi connectivity index (χ2n) is 12.2. The summed E-state index contributed by atoms with van der Waals surface area (Å²) in [7, 11) is 0. The summed E-state index contributed by atoms with van der Waals surface area (Å²) in [5, 5.41) is 0. The molecule has 7 aliphatic carbocycles. The maximum absolute atomic E-state index is 14.3. The molecule has 1 aliphatic heterocycles. The van der Waals surface area contributed by atoms with Crippen LogP contribution >= 0.6 is 31.9 Å². The molecule has 6 bridgehead atoms. The summed E-state index contributed by atoms with van der Waals surface area (Å²) in [4.78, 5) is 30.3. The van der Waals surface area contributed by atoms with E-state index in [9.17, 15) is 9.59 Å². The Morgan fingerprint density at radius 2 is 1.03 bits per heavy atom. The molecular weight excluding hydrogens is 554 g/mol. The molecule has 0 unspecified atom stereocenters. The summed E-state index contributed by atoms with van der Waals surface area (Å²) in [6, 6.07) is 16.7. The van der Waals surface area contributed by atoms with Crippen molar-refractivity contribution in [2.24, 2.45) is 35.0 Å². The number of carbonyl (C=O) groups is 2. The van der Waals surface area contributed by atoms with E-state index in [0.29, 0.717) is 6.54 Å². The average Bonchev–Trinajstić information content (AvgIpc) is 3.07. The smallest absolute Gasteiger partial charge is 0.235 e. The number of likely N-dealkylation sites (tertiary alicyclic amines) is 1. The molecule has 8 aliphatic rings. The Labute approximate surface area is 216 Å². The van der Waals surface area contributed by atoms with E-state index in [2.05, 4.69) is 56.1 Å². The van der Waals surface area contributed by atoms with Crippen LogP contribution in [0.5, 0.6) is 0 Å². The number of halogens is 2. The number of carbonyl (C=O) groups excluding carboxylic acids is 2. The topological polar surface area (TPSA) is 37.4 Å². The molecule has 5 heteroatoms. The summed E-state index contributed by atoms with van der Waals surface area (Å²) in [5.74, 6) is 1.59. The first-order valence-electron chi connectivity index (χ1n) is 12.8. The van der Waals surface area contributed by atoms with E-state index in [1.807, 2.05) is 24.3 Å². The van der Waals surface area contributed by atoms with Gasteiger partial charge >= 0.3 is 0 Å². The molecule has 2 amide bonds. The fraction of sp³-hybridized carbons (Fsp3) is 0.517. The molecule has 10 rings (SSSR count). The second kappa shape index (κ2) is 6.45. The highest BCUT2D eigenvalue weighted by molar-refractivity contribution is 9.10. The van der Waals surface area contributed by atoms with Crippen molar-refractivity contribution < 1.29 is 9.59 Å². The van der Waals surface area contributed by atoms with E-state index < -0.39 is 20.5 Å². The Balaban J connectivity index is 1.27. The van der Waals surface area contributed by atoms with Gasteiger partial charge < -0.3 is 0 Å². The van der Waals surface area contributed by atoms with Gasteiger partial charge in [0.25, 0.3) is 0 Å². The SMILES string of the molecule is O=C1[C@@H]2[C@H](C(=O)N1CC13CC4CC(CC(C4)C1)C3)C1(Br)c3ccccc3C2(Br)c2ccccc21. The van der Waals surface area contributed by atoms with E-state index in [0.717, 1.165) is 40.0 Å². The van der Waals surface area contributed by atoms with Crippen molar-refractivity contribution in [1.29, 1.82) is 0 Å². The lowest BCUT2D eigenvalue weighted by atomic mass is 9.49. The third-order valence-electron chi connectivity index (χ3n) is 10.3. The van der Waals surface area contributed by atoms with Crippen molar-refractivity contribution in [3.05, 3.63) is 70.8 Å². The largest absolute Gasteiger partial charge is 0.281 e. The number of amides is 2. The number of alkyl halides is 2. The maximum atomic E-state index is 14.3. The zero-order chi connectivity index (χ0) is 23.0. The van der Waals surface area contributed by atoms with Gasteiger partial charge in [-0.3, -0.25) is 14.5 Å². The Morgan fingerprint density at radius 3 is 1.38 bits per heavy atom. The standard InChI is InChI=1S/C29H27Br2NO2/c30-28-19-5-1-2-6-20(19)29(31,22-8-4-3-7-21(22)28)24-23(28)25(33)32(26(24)34)15-27-12-16-9-17(13-27)11-18(10-16)14-27/h1-8,16-18,23-24H,9-15H2/t16?,17?,18?,23-,24+,27?,28?,29?. The maximum Gasteiger partial charge on any atom is 0.235 e. The zero-order valence-electron chi connectivity index (χ0n) is 19.0. The summed E-state index contributed by atoms with van der Waals surface area (Å²) in [5.41, 5.74) is 4.61. The van der Waals surface area contributed by atoms with Crippen LogP contribution in [-0.2, 0) is 18.2 Å². The van der Waals surface area contributed by atoms with Crippen LogP contribution < -0.4 is 0 Å². The quantitative estimate of drug-likeness (QED) is 0.317. The minimum Gasteiger partial charge on any atom is -0.281 e. The lowest BCUT2D eigenvalue weighted by Crippen LogP contribution is -2.56. The summed E-state index contributed by atoms with van der Waals surface area (Å²) < 4.78 is -1.35. The van der Waals surface area contributed by atoms with Crippen molar-refractivity contribution in [3.63, 3.8) is 0 Å². The minimum absolute atomic E-state index is 0.0236. The summed E-state index contributed by atoms with van der Waals surface area (Å²) in [6.45, 7) is 0.625. The molecule has 1 heterocycles. The number of hydrogen-bond donors (Lipinski definition) is 0. The predicted octanol–water partition coefficient (Wildman–Crippen LogP) is 6.11. The van der Waals surface area contributed by atoms with Crippen molar-refractivity contribution >= 4 is 43.7 Å². The normalized spacial score (nSPS) is 44.9. The van der Waals surface area contributed by atoms with Crippen molar-refractivity contribution in [1.82, 2.24) is 4.90 Å². The Bertz CT molecular complexity index is 1130. The lowest BCUT2D eigenvalue weighted by molar-refractivity contribution is -0.146. The van der Waals surface area contributed by atoms with Gasteiger partial charge in [0.2, 0.25) is 11.8 Å². The van der Waals surface area contributed by atoms with E-state index in [1.165, 1.54) is 38.5 Å². The van der Waals surface area contributed by atoms with Gasteiger partial charge in [-0.15, -0.1) is 0 Å². The van der Waals surface area contributed by atoms with E-state index in [4.69, 9.17) is 0 Å². The summed E-state index contributed by atoms with van der Waals surface area (Å²) in [6.07, 6.45) is 7.70. The fourth-order valence-corrected chi connectivity index (χ4v) is 12.0. The third kappa shape index (κ3) is 2.26. The Morgan fingerprint density at radius 1 is 0.676 bits per heavy atom. The van der Waals surface area contributed by atoms with Crippen LogP contribution in [0.3, 0.4) is 0 Å². The molecule has 2 atom stereocenters. The lowest BCUT2D eigenvalue weighted by Gasteiger charge is -2.57. The highest BCUT2D eigenvalue weighted by Gasteiger charge is 2.72. The number of nitrogens with zero attached hydrogens (tertiary/aromatic N) is 1. The van der Waals surface area contributed by atoms with Crippen LogP contribution in [0.4, 0.5) is 0 Å². The van der Waals surface area contributed by atoms with Crippen LogP contribution in [0.1, 0.15) is 60.8 Å². The monoisotopic (exact) mass is 579 g/mol. The van der Waals surface area contributed by atoms with Crippen molar-refractivity contribution in [3.8, 4) is 0 Å². The predicted molar refractivity (Wildman–Crippen MR) is 137 cm³/mol. The van der Waals surface area contributed by atoms with Crippen molar-refractivity contribution in [2.75, 3.05) is 6.54 Å². The molecule has 4 saturated carbocycles. The van der Waals surface area contributed by atoms with Gasteiger partial charge in [0.1, 0.15) is 0 Å². The van der Waals surface area contributed by atoms with Crippen LogP contribution in [0.25, 0.3) is 0 Å². The van der Waals surface area contributed by atoms with E-state index >= 15 is 0 Å². The first kappa shape index (κ1) is 20.7. The molecule has 2 aromatic rings. The molecule has 0 spiro atoms. The Kier molecular flexibility index (Phi) is 3.93. The van der Waals surface area contributed by atoms with Crippen LogP contribution in [0.2, 0.25) is 0 Å². The van der Waals surface area contributed by atoms with Crippen LogP contribution in [0, 0.1) is 35.0 Å². The highest BCUT2D eigenvalue weighted by atomic mass is 79.9. The van der Waals surface area contributed by atoms with Crippen LogP contribution in [0.15, 0.2) is 48.5 Å². The van der Waals surface area contributed by atoms with Gasteiger partial charge in [-0.1, -0.05) is 80.4 Å². The number of imide groups is 1. The molecular formula is C29H27Br2NO2. The van der Waals surface area contributed by atoms with Gasteiger partial charge in [-0.2, -0.15) is 0 Å². The molecule has 0 aromatic heterocycles. The Hall–Kier alpha value is -1.46. The van der Waals surface area contributed by atoms with Gasteiger partial charge in [0.05, 0.1) is 20.5 Å². The van der Waals surface area contributed by atoms with E-state index in [-0.39, 0.29) is 17.2 Å². The van der Waals surface area contributed by atoms with E-state index in [1.54, 1.807) is 4.90 Å². The number of benzene rings is 2. The molecule has 0 radical (unpaired) electrons. The minimum atomic E-state index is -0.677. The zero-order valence-corrected chi connectivity index (χ0v) is 22.1. The van der Waals surface area contributed by atoms with Gasteiger partial charge in [0.15, 0.2) is 0 Å². The van der Waals surface area contributed by atoms with Gasteiger partial charge in [-0.25, -0.2) is 0 Å². The molecule has 0 N–H and O–H groups in total. The molecule has 5 fully saturated rings. The number of rotatable bonds is 2. The van der Waals surface area contributed by atoms with Gasteiger partial charge in [-0.05, 0) is 83.9 Å². The average molecular weight is 581 g/mol. The molecule has 34 heavy (non-hydrogen) atoms. The highest BCUT2D eigenvalue weighted by Crippen LogP contribution is 2.71. The van der Waals surface area contributed by atoms with Crippen LogP contribution in [-0.4, -0.2) is 23.3 Å². The third-order valence-corrected chi connectivity index (χ3v) is 13.0. The first-order valence-corrected chi connectivity index (χ1v) is 14.4. The molecule has 174 valence electrons. The fourth-order valence-electron chi connectivity index (χ4n) is 9.70. The van der Waals surface area contributed by atoms with Gasteiger partial charge in [0, 0.05) is 6.54 Å². The molecule has 3 nitrogen and oxygen atoms in total. The first-order chi connectivity index (χ1) is 16.3. The number of hydrogen-bond acceptors (Lipinski definition) is 2. The second-order valence-corrected chi connectivity index (χ2v) is 14.7.